The van der Waals surface area contributed by atoms with E-state index in [1.54, 1.807) is 6.20 Å². The van der Waals surface area contributed by atoms with Crippen molar-refractivity contribution < 1.29 is 4.79 Å². The summed E-state index contributed by atoms with van der Waals surface area (Å²) in [6, 6.07) is 9.40. The highest BCUT2D eigenvalue weighted by atomic mass is 127. The Morgan fingerprint density at radius 1 is 1.17 bits per heavy atom. The fraction of sp³-hybridized carbons (Fsp3) is 0.353. The molecule has 1 saturated heterocycles. The van der Waals surface area contributed by atoms with Crippen LogP contribution >= 0.6 is 22.6 Å². The highest BCUT2D eigenvalue weighted by molar-refractivity contribution is 14.1. The first-order valence-corrected chi connectivity index (χ1v) is 8.91. The van der Waals surface area contributed by atoms with E-state index >= 15 is 0 Å². The minimum absolute atomic E-state index is 0.0758. The lowest BCUT2D eigenvalue weighted by Gasteiger charge is -2.26. The molecule has 1 aromatic carbocycles. The van der Waals surface area contributed by atoms with Crippen molar-refractivity contribution in [2.75, 3.05) is 18.0 Å². The lowest BCUT2D eigenvalue weighted by molar-refractivity contribution is 0.0949. The zero-order valence-electron chi connectivity index (χ0n) is 12.8. The quantitative estimate of drug-likeness (QED) is 0.770. The number of piperidine rings is 1. The van der Waals surface area contributed by atoms with E-state index in [-0.39, 0.29) is 5.91 Å². The Balaban J connectivity index is 1.64. The van der Waals surface area contributed by atoms with Crippen molar-refractivity contribution in [2.45, 2.75) is 25.8 Å². The molecule has 1 N–H and O–H groups in total. The fourth-order valence-electron chi connectivity index (χ4n) is 2.64. The first kappa shape index (κ1) is 16.2. The summed E-state index contributed by atoms with van der Waals surface area (Å²) < 4.78 is 0.944. The molecular weight excluding hydrogens is 403 g/mol. The van der Waals surface area contributed by atoms with Crippen LogP contribution in [-0.2, 0) is 6.54 Å². The Kier molecular flexibility index (Phi) is 5.43. The monoisotopic (exact) mass is 422 g/mol. The number of amides is 1. The number of hydrogen-bond donors (Lipinski definition) is 1. The molecule has 0 radical (unpaired) electrons. The third-order valence-electron chi connectivity index (χ3n) is 3.89. The lowest BCUT2D eigenvalue weighted by atomic mass is 10.1. The van der Waals surface area contributed by atoms with Gasteiger partial charge >= 0.3 is 0 Å². The van der Waals surface area contributed by atoms with Gasteiger partial charge in [-0.15, -0.1) is 0 Å². The molecule has 1 fully saturated rings. The molecule has 0 spiro atoms. The number of benzene rings is 1. The Bertz CT molecular complexity index is 686. The lowest BCUT2D eigenvalue weighted by Crippen LogP contribution is -2.31. The Morgan fingerprint density at radius 3 is 2.74 bits per heavy atom. The van der Waals surface area contributed by atoms with Gasteiger partial charge in [0.1, 0.15) is 0 Å². The summed E-state index contributed by atoms with van der Waals surface area (Å²) in [5.41, 5.74) is 1.53. The summed E-state index contributed by atoms with van der Waals surface area (Å²) in [5, 5.41) is 2.93. The smallest absolute Gasteiger partial charge is 0.252 e. The SMILES string of the molecule is O=C(NCc1ccnc(N2CCCCC2)n1)c1ccccc1I. The van der Waals surface area contributed by atoms with Gasteiger partial charge in [0.25, 0.3) is 5.91 Å². The molecule has 6 heteroatoms. The van der Waals surface area contributed by atoms with Gasteiger partial charge in [0.2, 0.25) is 5.95 Å². The number of nitrogens with one attached hydrogen (secondary N) is 1. The largest absolute Gasteiger partial charge is 0.346 e. The van der Waals surface area contributed by atoms with Crippen molar-refractivity contribution in [1.82, 2.24) is 15.3 Å². The second kappa shape index (κ2) is 7.72. The van der Waals surface area contributed by atoms with E-state index < -0.39 is 0 Å². The number of carbonyl (C=O) groups excluding carboxylic acids is 1. The number of nitrogens with zero attached hydrogens (tertiary/aromatic N) is 3. The molecule has 0 aliphatic carbocycles. The molecule has 5 nitrogen and oxygen atoms in total. The molecule has 120 valence electrons. The normalized spacial score (nSPS) is 14.6. The van der Waals surface area contributed by atoms with Crippen LogP contribution in [0.2, 0.25) is 0 Å². The molecule has 23 heavy (non-hydrogen) atoms. The second-order valence-corrected chi connectivity index (χ2v) is 6.72. The van der Waals surface area contributed by atoms with Gasteiger partial charge < -0.3 is 10.2 Å². The number of aromatic nitrogens is 2. The van der Waals surface area contributed by atoms with E-state index in [0.717, 1.165) is 28.3 Å². The molecule has 1 amide bonds. The molecule has 1 aliphatic rings. The van der Waals surface area contributed by atoms with Crippen LogP contribution in [0, 0.1) is 3.57 Å². The number of rotatable bonds is 4. The van der Waals surface area contributed by atoms with E-state index in [1.165, 1.54) is 19.3 Å². The Hall–Kier alpha value is -1.70. The van der Waals surface area contributed by atoms with Crippen molar-refractivity contribution >= 4 is 34.4 Å². The molecule has 0 unspecified atom stereocenters. The van der Waals surface area contributed by atoms with E-state index in [2.05, 4.69) is 42.8 Å². The molecule has 1 aromatic heterocycles. The molecule has 0 atom stereocenters. The number of hydrogen-bond acceptors (Lipinski definition) is 4. The van der Waals surface area contributed by atoms with Crippen molar-refractivity contribution in [3.63, 3.8) is 0 Å². The first-order chi connectivity index (χ1) is 11.2. The van der Waals surface area contributed by atoms with E-state index in [0.29, 0.717) is 12.1 Å². The van der Waals surface area contributed by atoms with Crippen LogP contribution in [0.1, 0.15) is 35.3 Å². The third kappa shape index (κ3) is 4.19. The predicted molar refractivity (Wildman–Crippen MR) is 98.4 cm³/mol. The van der Waals surface area contributed by atoms with E-state index in [4.69, 9.17) is 0 Å². The topological polar surface area (TPSA) is 58.1 Å². The molecule has 3 rings (SSSR count). The molecule has 0 saturated carbocycles. The predicted octanol–water partition coefficient (Wildman–Crippen LogP) is 3.00. The van der Waals surface area contributed by atoms with Gasteiger partial charge in [-0.1, -0.05) is 12.1 Å². The maximum atomic E-state index is 12.3. The zero-order chi connectivity index (χ0) is 16.1. The summed E-state index contributed by atoms with van der Waals surface area (Å²) in [6.07, 6.45) is 5.43. The standard InChI is InChI=1S/C17H19IN4O/c18-15-7-3-2-6-14(15)16(23)20-12-13-8-9-19-17(21-13)22-10-4-1-5-11-22/h2-3,6-9H,1,4-5,10-12H2,(H,20,23). The van der Waals surface area contributed by atoms with Gasteiger partial charge in [0.05, 0.1) is 17.8 Å². The van der Waals surface area contributed by atoms with Crippen LogP contribution in [-0.4, -0.2) is 29.0 Å². The molecule has 1 aliphatic heterocycles. The third-order valence-corrected chi connectivity index (χ3v) is 4.83. The van der Waals surface area contributed by atoms with Gasteiger partial charge in [-0.3, -0.25) is 4.79 Å². The van der Waals surface area contributed by atoms with Crippen molar-refractivity contribution in [2.24, 2.45) is 0 Å². The number of halogens is 1. The van der Waals surface area contributed by atoms with Gasteiger partial charge in [-0.2, -0.15) is 0 Å². The summed E-state index contributed by atoms with van der Waals surface area (Å²) in [7, 11) is 0. The van der Waals surface area contributed by atoms with Gasteiger partial charge in [0.15, 0.2) is 0 Å². The van der Waals surface area contributed by atoms with Crippen LogP contribution in [0.25, 0.3) is 0 Å². The van der Waals surface area contributed by atoms with Crippen LogP contribution in [0.15, 0.2) is 36.5 Å². The fourth-order valence-corrected chi connectivity index (χ4v) is 3.27. The summed E-state index contributed by atoms with van der Waals surface area (Å²) in [4.78, 5) is 23.4. The molecular formula is C17H19IN4O. The second-order valence-electron chi connectivity index (χ2n) is 5.56. The molecule has 0 bridgehead atoms. The average molecular weight is 422 g/mol. The van der Waals surface area contributed by atoms with Crippen molar-refractivity contribution in [3.05, 3.63) is 51.4 Å². The van der Waals surface area contributed by atoms with Crippen LogP contribution in [0.3, 0.4) is 0 Å². The minimum Gasteiger partial charge on any atom is -0.346 e. The first-order valence-electron chi connectivity index (χ1n) is 7.83. The maximum Gasteiger partial charge on any atom is 0.252 e. The Labute approximate surface area is 149 Å². The average Bonchev–Trinajstić information content (AvgIpc) is 2.61. The van der Waals surface area contributed by atoms with Crippen LogP contribution in [0.5, 0.6) is 0 Å². The molecule has 2 aromatic rings. The summed E-state index contributed by atoms with van der Waals surface area (Å²) in [6.45, 7) is 2.43. The Morgan fingerprint density at radius 2 is 1.96 bits per heavy atom. The highest BCUT2D eigenvalue weighted by Gasteiger charge is 2.14. The minimum atomic E-state index is -0.0758. The van der Waals surface area contributed by atoms with E-state index in [9.17, 15) is 4.79 Å². The summed E-state index contributed by atoms with van der Waals surface area (Å²) in [5.74, 6) is 0.693. The van der Waals surface area contributed by atoms with E-state index in [1.807, 2.05) is 30.3 Å². The van der Waals surface area contributed by atoms with Gasteiger partial charge in [0, 0.05) is 22.9 Å². The van der Waals surface area contributed by atoms with Crippen LogP contribution < -0.4 is 10.2 Å². The van der Waals surface area contributed by atoms with Gasteiger partial charge in [-0.05, 0) is 60.1 Å². The number of anilines is 1. The zero-order valence-corrected chi connectivity index (χ0v) is 15.0. The van der Waals surface area contributed by atoms with Gasteiger partial charge in [-0.25, -0.2) is 9.97 Å². The van der Waals surface area contributed by atoms with Crippen molar-refractivity contribution in [1.29, 1.82) is 0 Å². The highest BCUT2D eigenvalue weighted by Crippen LogP contribution is 2.15. The summed E-state index contributed by atoms with van der Waals surface area (Å²) >= 11 is 2.17. The van der Waals surface area contributed by atoms with Crippen molar-refractivity contribution in [3.8, 4) is 0 Å². The molecule has 2 heterocycles. The number of carbonyl (C=O) groups is 1. The maximum absolute atomic E-state index is 12.3. The van der Waals surface area contributed by atoms with Crippen LogP contribution in [0.4, 0.5) is 5.95 Å².